The summed E-state index contributed by atoms with van der Waals surface area (Å²) in [6.07, 6.45) is 0.0390. The van der Waals surface area contributed by atoms with Gasteiger partial charge in [-0.05, 0) is 29.8 Å². The minimum absolute atomic E-state index is 0.0390. The number of thioether (sulfide) groups is 1. The summed E-state index contributed by atoms with van der Waals surface area (Å²) in [5, 5.41) is -0.878. The summed E-state index contributed by atoms with van der Waals surface area (Å²) >= 11 is 0.919. The van der Waals surface area contributed by atoms with Gasteiger partial charge in [-0.15, -0.1) is 0 Å². The Balaban J connectivity index is 1.38. The van der Waals surface area contributed by atoms with Crippen molar-refractivity contribution in [3.8, 4) is 11.5 Å². The van der Waals surface area contributed by atoms with Crippen molar-refractivity contribution in [2.45, 2.75) is 18.2 Å². The van der Waals surface area contributed by atoms with Crippen LogP contribution in [0.5, 0.6) is 11.5 Å². The van der Waals surface area contributed by atoms with Crippen molar-refractivity contribution in [1.29, 1.82) is 0 Å². The molecule has 0 N–H and O–H groups in total. The van der Waals surface area contributed by atoms with Gasteiger partial charge in [-0.1, -0.05) is 72.4 Å². The number of hydrogen-bond donors (Lipinski definition) is 0. The smallest absolute Gasteiger partial charge is 0.243 e. The topological polar surface area (TPSA) is 63.7 Å². The summed E-state index contributed by atoms with van der Waals surface area (Å²) in [4.78, 5) is 38.7. The number of ether oxygens (including phenoxy) is 1. The van der Waals surface area contributed by atoms with Crippen molar-refractivity contribution in [3.63, 3.8) is 0 Å². The molecule has 30 heavy (non-hydrogen) atoms. The molecule has 0 aliphatic carbocycles. The monoisotopic (exact) mass is 417 g/mol. The van der Waals surface area contributed by atoms with Gasteiger partial charge >= 0.3 is 0 Å². The predicted molar refractivity (Wildman–Crippen MR) is 115 cm³/mol. The number of likely N-dealkylation sites (tertiary alicyclic amines) is 1. The van der Waals surface area contributed by atoms with Crippen molar-refractivity contribution < 1.29 is 19.1 Å². The van der Waals surface area contributed by atoms with Crippen LogP contribution in [0.1, 0.15) is 22.3 Å². The summed E-state index contributed by atoms with van der Waals surface area (Å²) < 4.78 is 5.76. The maximum Gasteiger partial charge on any atom is 0.243 e. The lowest BCUT2D eigenvalue weighted by atomic mass is 10.2. The van der Waals surface area contributed by atoms with Crippen molar-refractivity contribution in [2.75, 3.05) is 0 Å². The van der Waals surface area contributed by atoms with Gasteiger partial charge in [-0.25, -0.2) is 0 Å². The molecule has 1 atom stereocenters. The summed E-state index contributed by atoms with van der Waals surface area (Å²) in [6.45, 7) is 0.180. The van der Waals surface area contributed by atoms with E-state index >= 15 is 0 Å². The molecule has 3 aromatic rings. The van der Waals surface area contributed by atoms with E-state index in [1.165, 1.54) is 4.90 Å². The van der Waals surface area contributed by atoms with E-state index < -0.39 is 5.25 Å². The fourth-order valence-electron chi connectivity index (χ4n) is 3.15. The van der Waals surface area contributed by atoms with E-state index in [0.717, 1.165) is 23.1 Å². The molecule has 5 nitrogen and oxygen atoms in total. The highest BCUT2D eigenvalue weighted by Gasteiger charge is 2.40. The van der Waals surface area contributed by atoms with Gasteiger partial charge in [-0.2, -0.15) is 0 Å². The molecule has 6 heteroatoms. The first-order chi connectivity index (χ1) is 14.6. The van der Waals surface area contributed by atoms with E-state index in [9.17, 15) is 14.4 Å². The molecular weight excluding hydrogens is 398 g/mol. The number of hydrogen-bond acceptors (Lipinski definition) is 5. The van der Waals surface area contributed by atoms with Gasteiger partial charge in [0.15, 0.2) is 0 Å². The minimum atomic E-state index is -0.675. The van der Waals surface area contributed by atoms with Crippen LogP contribution in [-0.2, 0) is 16.1 Å². The second-order valence-electron chi connectivity index (χ2n) is 6.84. The Kier molecular flexibility index (Phi) is 5.95. The molecule has 1 saturated heterocycles. The maximum absolute atomic E-state index is 12.7. The van der Waals surface area contributed by atoms with Gasteiger partial charge < -0.3 is 4.74 Å². The molecule has 1 unspecified atom stereocenters. The van der Waals surface area contributed by atoms with Crippen molar-refractivity contribution in [2.24, 2.45) is 0 Å². The van der Waals surface area contributed by atoms with Crippen LogP contribution in [0.4, 0.5) is 0 Å². The number of imide groups is 1. The number of benzene rings is 3. The molecule has 150 valence electrons. The Hall–Kier alpha value is -3.38. The van der Waals surface area contributed by atoms with E-state index in [0.29, 0.717) is 11.3 Å². The lowest BCUT2D eigenvalue weighted by Gasteiger charge is -2.15. The summed E-state index contributed by atoms with van der Waals surface area (Å²) in [6, 6.07) is 25.5. The predicted octanol–water partition coefficient (Wildman–Crippen LogP) is 4.68. The standard InChI is InChI=1S/C24H19NO4S/c26-22-15-21(30-24(28)18-7-3-1-4-8-18)23(27)25(22)16-17-11-13-20(14-12-17)29-19-9-5-2-6-10-19/h1-14,21H,15-16H2. The van der Waals surface area contributed by atoms with Crippen LogP contribution in [0.25, 0.3) is 0 Å². The summed E-state index contributed by atoms with van der Waals surface area (Å²) in [5.74, 6) is 0.825. The van der Waals surface area contributed by atoms with Gasteiger partial charge in [0.1, 0.15) is 16.7 Å². The zero-order valence-corrected chi connectivity index (χ0v) is 16.9. The first-order valence-electron chi connectivity index (χ1n) is 9.52. The molecule has 0 bridgehead atoms. The normalized spacial score (nSPS) is 16.0. The quantitative estimate of drug-likeness (QED) is 0.545. The van der Waals surface area contributed by atoms with Crippen molar-refractivity contribution >= 4 is 28.7 Å². The number of carbonyl (C=O) groups excluding carboxylic acids is 3. The molecule has 0 spiro atoms. The third kappa shape index (κ3) is 4.60. The van der Waals surface area contributed by atoms with Gasteiger partial charge in [0.2, 0.25) is 16.9 Å². The SMILES string of the molecule is O=C(SC1CC(=O)N(Cc2ccc(Oc3ccccc3)cc2)C1=O)c1ccccc1. The average molecular weight is 417 g/mol. The van der Waals surface area contributed by atoms with E-state index in [1.54, 1.807) is 36.4 Å². The van der Waals surface area contributed by atoms with Crippen LogP contribution < -0.4 is 4.74 Å². The fourth-order valence-corrected chi connectivity index (χ4v) is 4.14. The van der Waals surface area contributed by atoms with Crippen LogP contribution in [0.15, 0.2) is 84.9 Å². The number of rotatable bonds is 6. The molecule has 0 radical (unpaired) electrons. The first-order valence-corrected chi connectivity index (χ1v) is 10.4. The average Bonchev–Trinajstić information content (AvgIpc) is 3.03. The molecule has 0 saturated carbocycles. The van der Waals surface area contributed by atoms with Crippen LogP contribution >= 0.6 is 11.8 Å². The Morgan fingerprint density at radius 2 is 1.47 bits per heavy atom. The Labute approximate surface area is 178 Å². The Morgan fingerprint density at radius 3 is 2.13 bits per heavy atom. The number of carbonyl (C=O) groups is 3. The molecule has 4 rings (SSSR count). The zero-order chi connectivity index (χ0) is 20.9. The minimum Gasteiger partial charge on any atom is -0.457 e. The molecule has 2 amide bonds. The van der Waals surface area contributed by atoms with Crippen LogP contribution in [0, 0.1) is 0 Å². The highest BCUT2D eigenvalue weighted by molar-refractivity contribution is 8.15. The van der Waals surface area contributed by atoms with E-state index in [2.05, 4.69) is 0 Å². The third-order valence-corrected chi connectivity index (χ3v) is 5.81. The molecule has 1 aliphatic heterocycles. The third-order valence-electron chi connectivity index (χ3n) is 4.70. The van der Waals surface area contributed by atoms with Gasteiger partial charge in [-0.3, -0.25) is 19.3 Å². The Morgan fingerprint density at radius 1 is 0.867 bits per heavy atom. The van der Waals surface area contributed by atoms with Gasteiger partial charge in [0.25, 0.3) is 0 Å². The van der Waals surface area contributed by atoms with Gasteiger partial charge in [0.05, 0.1) is 6.54 Å². The van der Waals surface area contributed by atoms with Gasteiger partial charge in [0, 0.05) is 12.0 Å². The molecule has 1 fully saturated rings. The number of para-hydroxylation sites is 1. The summed E-state index contributed by atoms with van der Waals surface area (Å²) in [7, 11) is 0. The van der Waals surface area contributed by atoms with E-state index in [4.69, 9.17) is 4.74 Å². The van der Waals surface area contributed by atoms with E-state index in [1.807, 2.05) is 48.5 Å². The second-order valence-corrected chi connectivity index (χ2v) is 8.02. The number of amides is 2. The van der Waals surface area contributed by atoms with Crippen LogP contribution in [-0.4, -0.2) is 27.1 Å². The lowest BCUT2D eigenvalue weighted by Crippen LogP contribution is -2.31. The van der Waals surface area contributed by atoms with Crippen molar-refractivity contribution in [3.05, 3.63) is 96.1 Å². The molecule has 1 aliphatic rings. The molecular formula is C24H19NO4S. The lowest BCUT2D eigenvalue weighted by molar-refractivity contribution is -0.138. The second kappa shape index (κ2) is 8.97. The Bertz CT molecular complexity index is 1050. The fraction of sp³-hybridized carbons (Fsp3) is 0.125. The zero-order valence-electron chi connectivity index (χ0n) is 16.1. The molecule has 0 aromatic heterocycles. The van der Waals surface area contributed by atoms with Crippen LogP contribution in [0.3, 0.4) is 0 Å². The van der Waals surface area contributed by atoms with E-state index in [-0.39, 0.29) is 29.9 Å². The maximum atomic E-state index is 12.7. The highest BCUT2D eigenvalue weighted by Crippen LogP contribution is 2.29. The largest absolute Gasteiger partial charge is 0.457 e. The highest BCUT2D eigenvalue weighted by atomic mass is 32.2. The molecule has 3 aromatic carbocycles. The molecule has 1 heterocycles. The summed E-state index contributed by atoms with van der Waals surface area (Å²) in [5.41, 5.74) is 1.34. The van der Waals surface area contributed by atoms with Crippen molar-refractivity contribution in [1.82, 2.24) is 4.90 Å². The van der Waals surface area contributed by atoms with Crippen LogP contribution in [0.2, 0.25) is 0 Å². The first kappa shape index (κ1) is 19.9. The number of nitrogens with zero attached hydrogens (tertiary/aromatic N) is 1.